The summed E-state index contributed by atoms with van der Waals surface area (Å²) in [7, 11) is 3.31. The second kappa shape index (κ2) is 5.63. The lowest BCUT2D eigenvalue weighted by molar-refractivity contribution is -0.129. The first-order valence-electron chi connectivity index (χ1n) is 6.24. The summed E-state index contributed by atoms with van der Waals surface area (Å²) in [4.78, 5) is 30.0. The number of carbonyl (C=O) groups excluding carboxylic acids is 1. The Bertz CT molecular complexity index is 711. The monoisotopic (exact) mass is 293 g/mol. The van der Waals surface area contributed by atoms with E-state index in [0.29, 0.717) is 16.7 Å². The van der Waals surface area contributed by atoms with Crippen LogP contribution in [0.5, 0.6) is 0 Å². The molecule has 20 heavy (non-hydrogen) atoms. The number of para-hydroxylation sites is 1. The molecule has 1 aromatic carbocycles. The van der Waals surface area contributed by atoms with Gasteiger partial charge in [0.1, 0.15) is 11.7 Å². The van der Waals surface area contributed by atoms with Crippen molar-refractivity contribution in [2.24, 2.45) is 7.05 Å². The molecule has 0 spiro atoms. The smallest absolute Gasteiger partial charge is 0.261 e. The summed E-state index contributed by atoms with van der Waals surface area (Å²) in [6, 6.07) is 6.83. The number of carbonyl (C=O) groups is 1. The van der Waals surface area contributed by atoms with E-state index in [9.17, 15) is 9.59 Å². The van der Waals surface area contributed by atoms with Crippen molar-refractivity contribution in [2.45, 2.75) is 13.0 Å². The molecule has 0 aliphatic rings. The minimum absolute atomic E-state index is 0.0949. The Kier molecular flexibility index (Phi) is 4.09. The molecule has 0 bridgehead atoms. The number of alkyl halides is 1. The van der Waals surface area contributed by atoms with Crippen molar-refractivity contribution >= 4 is 28.4 Å². The van der Waals surface area contributed by atoms with Crippen LogP contribution in [0.1, 0.15) is 18.8 Å². The molecule has 0 fully saturated rings. The second-order valence-electron chi connectivity index (χ2n) is 4.67. The fourth-order valence-corrected chi connectivity index (χ4v) is 2.28. The molecule has 2 rings (SSSR count). The van der Waals surface area contributed by atoms with Gasteiger partial charge in [-0.05, 0) is 19.1 Å². The van der Waals surface area contributed by atoms with Crippen LogP contribution in [0, 0.1) is 0 Å². The van der Waals surface area contributed by atoms with Crippen LogP contribution in [0.25, 0.3) is 10.9 Å². The van der Waals surface area contributed by atoms with Gasteiger partial charge in [-0.1, -0.05) is 12.1 Å². The molecule has 0 radical (unpaired) electrons. The van der Waals surface area contributed by atoms with Crippen molar-refractivity contribution in [3.63, 3.8) is 0 Å². The minimum Gasteiger partial charge on any atom is -0.335 e. The van der Waals surface area contributed by atoms with Gasteiger partial charge in [-0.25, -0.2) is 4.98 Å². The maximum absolute atomic E-state index is 12.3. The fraction of sp³-hybridized carbons (Fsp3) is 0.357. The highest BCUT2D eigenvalue weighted by atomic mass is 35.5. The molecule has 1 aromatic heterocycles. The number of hydrogen-bond donors (Lipinski definition) is 0. The summed E-state index contributed by atoms with van der Waals surface area (Å²) in [6.07, 6.45) is 0. The van der Waals surface area contributed by atoms with Gasteiger partial charge >= 0.3 is 0 Å². The zero-order valence-corrected chi connectivity index (χ0v) is 12.4. The Morgan fingerprint density at radius 2 is 2.10 bits per heavy atom. The average molecular weight is 294 g/mol. The van der Waals surface area contributed by atoms with Crippen LogP contribution in [0.2, 0.25) is 0 Å². The largest absolute Gasteiger partial charge is 0.335 e. The zero-order valence-electron chi connectivity index (χ0n) is 11.6. The number of hydrogen-bond acceptors (Lipinski definition) is 3. The molecule has 6 heteroatoms. The fourth-order valence-electron chi connectivity index (χ4n) is 2.09. The lowest BCUT2D eigenvalue weighted by Gasteiger charge is -2.25. The molecule has 0 saturated heterocycles. The molecular weight excluding hydrogens is 278 g/mol. The number of rotatable bonds is 3. The first-order chi connectivity index (χ1) is 9.47. The third kappa shape index (κ3) is 2.41. The Labute approximate surface area is 121 Å². The average Bonchev–Trinajstić information content (AvgIpc) is 2.48. The Morgan fingerprint density at radius 3 is 2.75 bits per heavy atom. The van der Waals surface area contributed by atoms with E-state index in [1.165, 1.54) is 9.47 Å². The molecule has 0 aliphatic carbocycles. The number of fused-ring (bicyclic) bond motifs is 1. The molecule has 1 atom stereocenters. The Balaban J connectivity index is 2.57. The molecule has 0 N–H and O–H groups in total. The highest BCUT2D eigenvalue weighted by molar-refractivity contribution is 6.27. The van der Waals surface area contributed by atoms with Gasteiger partial charge in [0.2, 0.25) is 5.91 Å². The molecule has 1 unspecified atom stereocenters. The predicted octanol–water partition coefficient (Wildman–Crippen LogP) is 1.69. The van der Waals surface area contributed by atoms with Gasteiger partial charge < -0.3 is 4.90 Å². The molecule has 0 saturated carbocycles. The summed E-state index contributed by atoms with van der Waals surface area (Å²) in [5, 5.41) is 0.567. The molecule has 0 aliphatic heterocycles. The van der Waals surface area contributed by atoms with E-state index >= 15 is 0 Å². The van der Waals surface area contributed by atoms with Gasteiger partial charge in [-0.3, -0.25) is 14.2 Å². The zero-order chi connectivity index (χ0) is 14.9. The molecule has 106 valence electrons. The van der Waals surface area contributed by atoms with E-state index in [0.717, 1.165) is 0 Å². The van der Waals surface area contributed by atoms with Gasteiger partial charge in [0.25, 0.3) is 5.56 Å². The standard InChI is InChI=1S/C14H16ClN3O2/c1-9(17(2)12(19)8-15)13-16-11-7-5-4-6-10(11)14(20)18(13)3/h4-7,9H,8H2,1-3H3. The number of benzene rings is 1. The SMILES string of the molecule is CC(c1nc2ccccc2c(=O)n1C)N(C)C(=O)CCl. The Morgan fingerprint density at radius 1 is 1.45 bits per heavy atom. The van der Waals surface area contributed by atoms with Crippen molar-refractivity contribution in [1.29, 1.82) is 0 Å². The first kappa shape index (κ1) is 14.5. The molecule has 5 nitrogen and oxygen atoms in total. The maximum atomic E-state index is 12.3. The van der Waals surface area contributed by atoms with Crippen LogP contribution < -0.4 is 5.56 Å². The second-order valence-corrected chi connectivity index (χ2v) is 4.93. The third-order valence-electron chi connectivity index (χ3n) is 3.48. The lowest BCUT2D eigenvalue weighted by Crippen LogP contribution is -2.35. The summed E-state index contributed by atoms with van der Waals surface area (Å²) >= 11 is 5.56. The first-order valence-corrected chi connectivity index (χ1v) is 6.78. The van der Waals surface area contributed by atoms with Crippen LogP contribution in [0.4, 0.5) is 0 Å². The minimum atomic E-state index is -0.330. The van der Waals surface area contributed by atoms with E-state index in [4.69, 9.17) is 11.6 Å². The van der Waals surface area contributed by atoms with E-state index in [1.54, 1.807) is 32.3 Å². The number of nitrogens with zero attached hydrogens (tertiary/aromatic N) is 3. The van der Waals surface area contributed by atoms with Gasteiger partial charge in [0.15, 0.2) is 0 Å². The van der Waals surface area contributed by atoms with Crippen molar-refractivity contribution in [1.82, 2.24) is 14.5 Å². The third-order valence-corrected chi connectivity index (χ3v) is 3.71. The normalized spacial score (nSPS) is 12.4. The molecule has 1 heterocycles. The van der Waals surface area contributed by atoms with E-state index in [-0.39, 0.29) is 23.4 Å². The number of halogens is 1. The summed E-state index contributed by atoms with van der Waals surface area (Å²) in [5.74, 6) is 0.235. The molecule has 1 amide bonds. The van der Waals surface area contributed by atoms with Gasteiger partial charge in [0, 0.05) is 14.1 Å². The van der Waals surface area contributed by atoms with Crippen molar-refractivity contribution in [3.05, 3.63) is 40.4 Å². The van der Waals surface area contributed by atoms with E-state index in [1.807, 2.05) is 13.0 Å². The van der Waals surface area contributed by atoms with Crippen molar-refractivity contribution in [2.75, 3.05) is 12.9 Å². The molecule has 2 aromatic rings. The van der Waals surface area contributed by atoms with Crippen molar-refractivity contribution in [3.8, 4) is 0 Å². The summed E-state index contributed by atoms with van der Waals surface area (Å²) < 4.78 is 1.48. The maximum Gasteiger partial charge on any atom is 0.261 e. The van der Waals surface area contributed by atoms with E-state index < -0.39 is 0 Å². The summed E-state index contributed by atoms with van der Waals surface area (Å²) in [5.41, 5.74) is 0.508. The van der Waals surface area contributed by atoms with Crippen LogP contribution in [0.15, 0.2) is 29.1 Å². The Hall–Kier alpha value is -1.88. The topological polar surface area (TPSA) is 55.2 Å². The van der Waals surface area contributed by atoms with Crippen LogP contribution in [-0.4, -0.2) is 33.3 Å². The van der Waals surface area contributed by atoms with Crippen LogP contribution >= 0.6 is 11.6 Å². The van der Waals surface area contributed by atoms with E-state index in [2.05, 4.69) is 4.98 Å². The van der Waals surface area contributed by atoms with Gasteiger partial charge in [-0.15, -0.1) is 11.6 Å². The van der Waals surface area contributed by atoms with Crippen LogP contribution in [0.3, 0.4) is 0 Å². The van der Waals surface area contributed by atoms with Crippen molar-refractivity contribution < 1.29 is 4.79 Å². The van der Waals surface area contributed by atoms with Gasteiger partial charge in [-0.2, -0.15) is 0 Å². The summed E-state index contributed by atoms with van der Waals surface area (Å²) in [6.45, 7) is 1.82. The lowest BCUT2D eigenvalue weighted by atomic mass is 10.2. The highest BCUT2D eigenvalue weighted by Gasteiger charge is 2.21. The highest BCUT2D eigenvalue weighted by Crippen LogP contribution is 2.18. The number of amides is 1. The van der Waals surface area contributed by atoms with Crippen LogP contribution in [-0.2, 0) is 11.8 Å². The molecular formula is C14H16ClN3O2. The van der Waals surface area contributed by atoms with Gasteiger partial charge in [0.05, 0.1) is 16.9 Å². The quantitative estimate of drug-likeness (QED) is 0.809. The predicted molar refractivity (Wildman–Crippen MR) is 78.9 cm³/mol. The number of aromatic nitrogens is 2.